The number of aromatic nitrogens is 1. The lowest BCUT2D eigenvalue weighted by atomic mass is 10.1. The molecule has 0 aliphatic carbocycles. The van der Waals surface area contributed by atoms with Crippen molar-refractivity contribution in [1.82, 2.24) is 4.98 Å². The van der Waals surface area contributed by atoms with E-state index in [0.29, 0.717) is 41.2 Å². The Hall–Kier alpha value is -3.19. The molecule has 0 saturated carbocycles. The molecule has 0 unspecified atom stereocenters. The van der Waals surface area contributed by atoms with Gasteiger partial charge in [0.05, 0.1) is 5.52 Å². The van der Waals surface area contributed by atoms with Crippen molar-refractivity contribution in [2.45, 2.75) is 6.92 Å². The lowest BCUT2D eigenvalue weighted by molar-refractivity contribution is 0.262. The van der Waals surface area contributed by atoms with E-state index in [1.165, 1.54) is 0 Å². The molecule has 36 heavy (non-hydrogen) atoms. The average molecular weight is 543 g/mol. The molecule has 9 heteroatoms. The largest absolute Gasteiger partial charge is 0.369 e. The number of anilines is 5. The van der Waals surface area contributed by atoms with Gasteiger partial charge in [-0.2, -0.15) is 0 Å². The van der Waals surface area contributed by atoms with Gasteiger partial charge in [-0.3, -0.25) is 4.98 Å². The summed E-state index contributed by atoms with van der Waals surface area (Å²) >= 11 is 17.9. The van der Waals surface area contributed by atoms with Crippen LogP contribution in [0.2, 0.25) is 5.02 Å². The second kappa shape index (κ2) is 12.2. The molecule has 6 nitrogen and oxygen atoms in total. The van der Waals surface area contributed by atoms with Gasteiger partial charge in [-0.25, -0.2) is 4.79 Å². The fourth-order valence-corrected chi connectivity index (χ4v) is 4.48. The molecule has 0 aliphatic heterocycles. The van der Waals surface area contributed by atoms with Crippen LogP contribution in [0.5, 0.6) is 0 Å². The van der Waals surface area contributed by atoms with Gasteiger partial charge in [0.2, 0.25) is 0 Å². The number of hydrogen-bond donors (Lipinski definition) is 3. The van der Waals surface area contributed by atoms with Gasteiger partial charge in [0.1, 0.15) is 0 Å². The lowest BCUT2D eigenvalue weighted by Gasteiger charge is -2.23. The van der Waals surface area contributed by atoms with Gasteiger partial charge in [0.25, 0.3) is 0 Å². The number of aryl methyl sites for hydroxylation is 1. The quantitative estimate of drug-likeness (QED) is 0.188. The van der Waals surface area contributed by atoms with Crippen LogP contribution in [0.1, 0.15) is 5.69 Å². The van der Waals surface area contributed by atoms with Gasteiger partial charge in [0, 0.05) is 69.4 Å². The summed E-state index contributed by atoms with van der Waals surface area (Å²) in [7, 11) is 0. The second-order valence-corrected chi connectivity index (χ2v) is 9.36. The smallest absolute Gasteiger partial charge is 0.323 e. The van der Waals surface area contributed by atoms with Crippen LogP contribution < -0.4 is 20.9 Å². The summed E-state index contributed by atoms with van der Waals surface area (Å²) in [4.78, 5) is 19.4. The second-order valence-electron chi connectivity index (χ2n) is 8.17. The molecular formula is C27H26Cl3N5O. The summed E-state index contributed by atoms with van der Waals surface area (Å²) in [5, 5.41) is 10.7. The molecule has 2 amide bonds. The van der Waals surface area contributed by atoms with Crippen LogP contribution >= 0.6 is 34.8 Å². The van der Waals surface area contributed by atoms with E-state index >= 15 is 0 Å². The third-order valence-corrected chi connectivity index (χ3v) is 6.07. The van der Waals surface area contributed by atoms with Crippen LogP contribution in [-0.4, -0.2) is 35.9 Å². The molecule has 4 rings (SSSR count). The minimum atomic E-state index is -0.343. The molecule has 0 spiro atoms. The van der Waals surface area contributed by atoms with Gasteiger partial charge in [-0.15, -0.1) is 23.2 Å². The van der Waals surface area contributed by atoms with Crippen LogP contribution in [0, 0.1) is 6.92 Å². The highest BCUT2D eigenvalue weighted by molar-refractivity contribution is 6.30. The number of fused-ring (bicyclic) bond motifs is 1. The van der Waals surface area contributed by atoms with Crippen LogP contribution in [0.4, 0.5) is 33.2 Å². The molecule has 0 bridgehead atoms. The van der Waals surface area contributed by atoms with Gasteiger partial charge in [-0.05, 0) is 73.7 Å². The number of urea groups is 1. The van der Waals surface area contributed by atoms with Gasteiger partial charge >= 0.3 is 6.03 Å². The van der Waals surface area contributed by atoms with Crippen molar-refractivity contribution in [3.8, 4) is 0 Å². The van der Waals surface area contributed by atoms with Crippen molar-refractivity contribution in [3.05, 3.63) is 83.5 Å². The number of rotatable bonds is 9. The Bertz CT molecular complexity index is 1340. The van der Waals surface area contributed by atoms with Crippen LogP contribution in [0.25, 0.3) is 10.9 Å². The number of nitrogens with zero attached hydrogens (tertiary/aromatic N) is 2. The highest BCUT2D eigenvalue weighted by Crippen LogP contribution is 2.30. The van der Waals surface area contributed by atoms with E-state index in [1.807, 2.05) is 79.7 Å². The zero-order valence-corrected chi connectivity index (χ0v) is 22.0. The Morgan fingerprint density at radius 3 is 2.25 bits per heavy atom. The van der Waals surface area contributed by atoms with E-state index in [2.05, 4.69) is 25.8 Å². The number of alkyl halides is 2. The first-order valence-corrected chi connectivity index (χ1v) is 12.9. The highest BCUT2D eigenvalue weighted by atomic mass is 35.5. The van der Waals surface area contributed by atoms with Gasteiger partial charge in [0.15, 0.2) is 0 Å². The molecule has 4 aromatic rings. The van der Waals surface area contributed by atoms with Crippen LogP contribution in [0.3, 0.4) is 0 Å². The molecule has 0 aliphatic rings. The maximum Gasteiger partial charge on any atom is 0.323 e. The molecule has 186 valence electrons. The molecule has 1 aromatic heterocycles. The van der Waals surface area contributed by atoms with Gasteiger partial charge in [-0.1, -0.05) is 17.7 Å². The zero-order chi connectivity index (χ0) is 25.5. The fourth-order valence-electron chi connectivity index (χ4n) is 3.88. The maximum atomic E-state index is 12.7. The van der Waals surface area contributed by atoms with Crippen molar-refractivity contribution in [2.75, 3.05) is 45.7 Å². The van der Waals surface area contributed by atoms with Crippen molar-refractivity contribution < 1.29 is 4.79 Å². The fraction of sp³-hybridized carbons (Fsp3) is 0.185. The Labute approximate surface area is 225 Å². The van der Waals surface area contributed by atoms with Crippen LogP contribution in [-0.2, 0) is 0 Å². The zero-order valence-electron chi connectivity index (χ0n) is 19.7. The SMILES string of the molecule is Cc1cc(Nc2cccc(Cl)c2)c2cc(NC(=O)Nc3ccc(N(CCCl)CCCl)cc3)ccc2n1. The first kappa shape index (κ1) is 25.9. The number of hydrogen-bond acceptors (Lipinski definition) is 4. The molecule has 0 radical (unpaired) electrons. The Kier molecular flexibility index (Phi) is 8.75. The number of halogens is 3. The third kappa shape index (κ3) is 6.72. The lowest BCUT2D eigenvalue weighted by Crippen LogP contribution is -2.27. The minimum absolute atomic E-state index is 0.343. The van der Waals surface area contributed by atoms with E-state index in [9.17, 15) is 4.79 Å². The van der Waals surface area contributed by atoms with E-state index in [1.54, 1.807) is 0 Å². The number of nitrogens with one attached hydrogen (secondary N) is 3. The molecule has 0 saturated heterocycles. The molecule has 3 aromatic carbocycles. The Morgan fingerprint density at radius 1 is 0.861 bits per heavy atom. The Balaban J connectivity index is 1.49. The first-order valence-electron chi connectivity index (χ1n) is 11.4. The Morgan fingerprint density at radius 2 is 1.56 bits per heavy atom. The monoisotopic (exact) mass is 541 g/mol. The average Bonchev–Trinajstić information content (AvgIpc) is 2.85. The van der Waals surface area contributed by atoms with E-state index in [4.69, 9.17) is 34.8 Å². The summed E-state index contributed by atoms with van der Waals surface area (Å²) in [5.74, 6) is 1.02. The minimum Gasteiger partial charge on any atom is -0.369 e. The van der Waals surface area contributed by atoms with E-state index in [0.717, 1.165) is 33.7 Å². The predicted molar refractivity (Wildman–Crippen MR) is 154 cm³/mol. The number of carbonyl (C=O) groups excluding carboxylic acids is 1. The van der Waals surface area contributed by atoms with Crippen molar-refractivity contribution >= 4 is 80.2 Å². The summed E-state index contributed by atoms with van der Waals surface area (Å²) in [6, 6.07) is 22.3. The maximum absolute atomic E-state index is 12.7. The standard InChI is InChI=1S/C27H26Cl3N5O/c1-18-15-26(32-21-4-2-3-19(30)16-21)24-17-22(7-10-25(24)31-18)34-27(36)33-20-5-8-23(9-6-20)35(13-11-28)14-12-29/h2-10,15-17H,11-14H2,1H3,(H,31,32)(H2,33,34,36). The topological polar surface area (TPSA) is 69.3 Å². The van der Waals surface area contributed by atoms with Crippen molar-refractivity contribution in [1.29, 1.82) is 0 Å². The van der Waals surface area contributed by atoms with E-state index in [-0.39, 0.29) is 6.03 Å². The van der Waals surface area contributed by atoms with Crippen LogP contribution in [0.15, 0.2) is 72.8 Å². The molecule has 1 heterocycles. The normalized spacial score (nSPS) is 10.8. The molecule has 3 N–H and O–H groups in total. The summed E-state index contributed by atoms with van der Waals surface area (Å²) in [6.07, 6.45) is 0. The molecule has 0 atom stereocenters. The molecular weight excluding hydrogens is 517 g/mol. The number of carbonyl (C=O) groups is 1. The summed E-state index contributed by atoms with van der Waals surface area (Å²) in [6.45, 7) is 3.34. The van der Waals surface area contributed by atoms with Crippen molar-refractivity contribution in [2.24, 2.45) is 0 Å². The number of pyridine rings is 1. The summed E-state index contributed by atoms with van der Waals surface area (Å²) < 4.78 is 0. The highest BCUT2D eigenvalue weighted by Gasteiger charge is 2.10. The molecule has 0 fully saturated rings. The summed E-state index contributed by atoms with van der Waals surface area (Å²) in [5.41, 5.74) is 5.76. The van der Waals surface area contributed by atoms with E-state index < -0.39 is 0 Å². The number of benzene rings is 3. The first-order chi connectivity index (χ1) is 17.4. The number of amides is 2. The predicted octanol–water partition coefficient (Wildman–Crippen LogP) is 7.87. The van der Waals surface area contributed by atoms with Gasteiger partial charge < -0.3 is 20.9 Å². The van der Waals surface area contributed by atoms with Crippen molar-refractivity contribution in [3.63, 3.8) is 0 Å². The third-order valence-electron chi connectivity index (χ3n) is 5.50.